The van der Waals surface area contributed by atoms with Gasteiger partial charge in [-0.3, -0.25) is 19.8 Å². The highest BCUT2D eigenvalue weighted by Gasteiger charge is 2.35. The molecule has 3 aromatic carbocycles. The van der Waals surface area contributed by atoms with Crippen molar-refractivity contribution in [1.29, 1.82) is 0 Å². The smallest absolute Gasteiger partial charge is 0.331 e. The molecule has 0 unspecified atom stereocenters. The van der Waals surface area contributed by atoms with E-state index in [0.29, 0.717) is 13.0 Å². The topological polar surface area (TPSA) is 71.4 Å². The Morgan fingerprint density at radius 2 is 1.41 bits per heavy atom. The zero-order valence-electron chi connectivity index (χ0n) is 18.5. The van der Waals surface area contributed by atoms with Crippen molar-refractivity contribution in [3.63, 3.8) is 0 Å². The number of amides is 4. The molecule has 168 valence electrons. The molecule has 2 heterocycles. The Balaban J connectivity index is 1.46. The predicted octanol–water partition coefficient (Wildman–Crippen LogP) is 4.39. The van der Waals surface area contributed by atoms with Gasteiger partial charge in [0.05, 0.1) is 0 Å². The van der Waals surface area contributed by atoms with Gasteiger partial charge in [-0.1, -0.05) is 78.9 Å². The van der Waals surface area contributed by atoms with Crippen molar-refractivity contribution in [2.45, 2.75) is 13.0 Å². The summed E-state index contributed by atoms with van der Waals surface area (Å²) in [5.74, 6) is -1.25. The summed E-state index contributed by atoms with van der Waals surface area (Å²) in [6.07, 6.45) is 4.04. The minimum atomic E-state index is -0.686. The van der Waals surface area contributed by atoms with Crippen molar-refractivity contribution in [3.05, 3.63) is 113 Å². The number of imide groups is 2. The fourth-order valence-corrected chi connectivity index (χ4v) is 4.24. The second-order valence-electron chi connectivity index (χ2n) is 8.22. The maximum atomic E-state index is 13.2. The lowest BCUT2D eigenvalue weighted by atomic mass is 10.1. The van der Waals surface area contributed by atoms with Crippen LogP contribution < -0.4 is 5.32 Å². The summed E-state index contributed by atoms with van der Waals surface area (Å²) in [5, 5.41) is 3.24. The summed E-state index contributed by atoms with van der Waals surface area (Å²) in [6.45, 7) is 0.849. The van der Waals surface area contributed by atoms with Gasteiger partial charge in [0.25, 0.3) is 11.8 Å². The van der Waals surface area contributed by atoms with Gasteiger partial charge >= 0.3 is 6.03 Å². The number of nitrogens with one attached hydrogen (secondary N) is 1. The highest BCUT2D eigenvalue weighted by molar-refractivity contribution is 6.31. The van der Waals surface area contributed by atoms with Crippen molar-refractivity contribution in [2.24, 2.45) is 0 Å². The molecular formula is C28H23N3O3. The third-order valence-electron chi connectivity index (χ3n) is 5.97. The molecule has 1 fully saturated rings. The van der Waals surface area contributed by atoms with E-state index in [-0.39, 0.29) is 12.1 Å². The third kappa shape index (κ3) is 4.26. The average molecular weight is 450 g/mol. The van der Waals surface area contributed by atoms with Gasteiger partial charge < -0.3 is 4.57 Å². The van der Waals surface area contributed by atoms with Crippen LogP contribution in [0.15, 0.2) is 96.7 Å². The number of urea groups is 1. The van der Waals surface area contributed by atoms with Crippen LogP contribution in [-0.4, -0.2) is 33.9 Å². The van der Waals surface area contributed by atoms with E-state index in [1.54, 1.807) is 6.08 Å². The molecule has 4 amide bonds. The maximum Gasteiger partial charge on any atom is 0.331 e. The Labute approximate surface area is 197 Å². The molecule has 1 saturated heterocycles. The first-order valence-corrected chi connectivity index (χ1v) is 11.1. The first kappa shape index (κ1) is 21.4. The van der Waals surface area contributed by atoms with Gasteiger partial charge in [0.1, 0.15) is 5.57 Å². The number of rotatable bonds is 6. The van der Waals surface area contributed by atoms with Crippen molar-refractivity contribution in [3.8, 4) is 0 Å². The summed E-state index contributed by atoms with van der Waals surface area (Å²) in [7, 11) is 0. The summed E-state index contributed by atoms with van der Waals surface area (Å²) in [6, 6.07) is 26.9. The van der Waals surface area contributed by atoms with Crippen LogP contribution in [-0.2, 0) is 22.6 Å². The number of barbiturate groups is 1. The normalized spacial score (nSPS) is 15.2. The largest absolute Gasteiger partial charge is 0.342 e. The minimum absolute atomic E-state index is 0.0460. The highest BCUT2D eigenvalue weighted by Crippen LogP contribution is 2.26. The minimum Gasteiger partial charge on any atom is -0.342 e. The summed E-state index contributed by atoms with van der Waals surface area (Å²) < 4.78 is 2.10. The number of para-hydroxylation sites is 1. The molecule has 1 N–H and O–H groups in total. The van der Waals surface area contributed by atoms with E-state index in [1.165, 1.54) is 0 Å². The van der Waals surface area contributed by atoms with Gasteiger partial charge in [0.2, 0.25) is 0 Å². The van der Waals surface area contributed by atoms with Crippen molar-refractivity contribution >= 4 is 34.8 Å². The van der Waals surface area contributed by atoms with Gasteiger partial charge in [-0.15, -0.1) is 0 Å². The highest BCUT2D eigenvalue weighted by atomic mass is 16.2. The van der Waals surface area contributed by atoms with Crippen molar-refractivity contribution in [1.82, 2.24) is 14.8 Å². The zero-order chi connectivity index (χ0) is 23.5. The number of carbonyl (C=O) groups is 3. The molecule has 0 radical (unpaired) electrons. The van der Waals surface area contributed by atoms with Crippen LogP contribution in [0.4, 0.5) is 4.79 Å². The van der Waals surface area contributed by atoms with Crippen LogP contribution in [0.5, 0.6) is 0 Å². The Bertz CT molecular complexity index is 1400. The lowest BCUT2D eigenvalue weighted by molar-refractivity contribution is -0.130. The summed E-state index contributed by atoms with van der Waals surface area (Å²) >= 11 is 0. The number of benzene rings is 3. The molecule has 0 atom stereocenters. The Hall–Kier alpha value is -4.45. The van der Waals surface area contributed by atoms with E-state index < -0.39 is 17.8 Å². The molecule has 0 aliphatic carbocycles. The third-order valence-corrected chi connectivity index (χ3v) is 5.97. The Kier molecular flexibility index (Phi) is 5.79. The van der Waals surface area contributed by atoms with Crippen molar-refractivity contribution in [2.75, 3.05) is 6.54 Å². The van der Waals surface area contributed by atoms with Crippen LogP contribution in [0.2, 0.25) is 0 Å². The molecule has 0 spiro atoms. The first-order chi connectivity index (χ1) is 16.6. The standard InChI is InChI=1S/C28H23N3O3/c32-26-24(27(33)31(28(34)29-26)16-15-20-9-3-1-4-10-20)17-22-19-30(18-21-11-5-2-6-12-21)25-14-8-7-13-23(22)25/h1-14,17,19H,15-16,18H2,(H,29,32,34)/b24-17-. The average Bonchev–Trinajstić information content (AvgIpc) is 3.20. The zero-order valence-corrected chi connectivity index (χ0v) is 18.5. The monoisotopic (exact) mass is 449 g/mol. The Morgan fingerprint density at radius 3 is 2.15 bits per heavy atom. The van der Waals surface area contributed by atoms with Crippen LogP contribution in [0.3, 0.4) is 0 Å². The van der Waals surface area contributed by atoms with Crippen LogP contribution in [0.1, 0.15) is 16.7 Å². The number of carbonyl (C=O) groups excluding carboxylic acids is 3. The van der Waals surface area contributed by atoms with E-state index in [0.717, 1.165) is 32.5 Å². The molecule has 0 bridgehead atoms. The lowest BCUT2D eigenvalue weighted by Gasteiger charge is -2.26. The molecule has 0 saturated carbocycles. The van der Waals surface area contributed by atoms with Gasteiger partial charge in [-0.25, -0.2) is 4.79 Å². The van der Waals surface area contributed by atoms with Crippen molar-refractivity contribution < 1.29 is 14.4 Å². The molecular weight excluding hydrogens is 426 g/mol. The second kappa shape index (κ2) is 9.19. The van der Waals surface area contributed by atoms with Gasteiger partial charge in [0, 0.05) is 35.8 Å². The van der Waals surface area contributed by atoms with Crippen LogP contribution in [0.25, 0.3) is 17.0 Å². The van der Waals surface area contributed by atoms with E-state index >= 15 is 0 Å². The summed E-state index contributed by atoms with van der Waals surface area (Å²) in [5.41, 5.74) is 3.86. The van der Waals surface area contributed by atoms with E-state index in [9.17, 15) is 14.4 Å². The quantitative estimate of drug-likeness (QED) is 0.351. The molecule has 1 aliphatic heterocycles. The van der Waals surface area contributed by atoms with Gasteiger partial charge in [-0.2, -0.15) is 0 Å². The van der Waals surface area contributed by atoms with Gasteiger partial charge in [-0.05, 0) is 29.7 Å². The number of aromatic nitrogens is 1. The lowest BCUT2D eigenvalue weighted by Crippen LogP contribution is -2.54. The Morgan fingerprint density at radius 1 is 0.765 bits per heavy atom. The van der Waals surface area contributed by atoms with Crippen LogP contribution >= 0.6 is 0 Å². The number of nitrogens with zero attached hydrogens (tertiary/aromatic N) is 2. The predicted molar refractivity (Wildman–Crippen MR) is 131 cm³/mol. The first-order valence-electron chi connectivity index (χ1n) is 11.1. The number of fused-ring (bicyclic) bond motifs is 1. The molecule has 1 aliphatic rings. The molecule has 34 heavy (non-hydrogen) atoms. The number of hydrogen-bond acceptors (Lipinski definition) is 3. The number of hydrogen-bond donors (Lipinski definition) is 1. The SMILES string of the molecule is O=C1NC(=O)N(CCc2ccccc2)C(=O)/C1=C\c1cn(Cc2ccccc2)c2ccccc12. The van der Waals surface area contributed by atoms with Crippen LogP contribution in [0, 0.1) is 0 Å². The fourth-order valence-electron chi connectivity index (χ4n) is 4.24. The molecule has 5 rings (SSSR count). The molecule has 4 aromatic rings. The van der Waals surface area contributed by atoms with Gasteiger partial charge in [0.15, 0.2) is 0 Å². The summed E-state index contributed by atoms with van der Waals surface area (Å²) in [4.78, 5) is 39.3. The fraction of sp³-hybridized carbons (Fsp3) is 0.107. The molecule has 1 aromatic heterocycles. The van der Waals surface area contributed by atoms with E-state index in [4.69, 9.17) is 0 Å². The van der Waals surface area contributed by atoms with E-state index in [2.05, 4.69) is 22.0 Å². The van der Waals surface area contributed by atoms with E-state index in [1.807, 2.05) is 79.0 Å². The molecule has 6 nitrogen and oxygen atoms in total. The molecule has 6 heteroatoms. The second-order valence-corrected chi connectivity index (χ2v) is 8.22. The maximum absolute atomic E-state index is 13.2.